The van der Waals surface area contributed by atoms with Gasteiger partial charge in [-0.15, -0.1) is 0 Å². The summed E-state index contributed by atoms with van der Waals surface area (Å²) in [7, 11) is 0. The number of nitrogens with one attached hydrogen (secondary N) is 1. The molecule has 0 aliphatic carbocycles. The van der Waals surface area contributed by atoms with Crippen LogP contribution in [0, 0.1) is 27.7 Å². The number of carboxylic acid groups (broad SMARTS) is 1. The molecule has 0 saturated heterocycles. The van der Waals surface area contributed by atoms with Gasteiger partial charge in [0, 0.05) is 60.5 Å². The molecule has 0 radical (unpaired) electrons. The zero-order valence-electron chi connectivity index (χ0n) is 33.7. The van der Waals surface area contributed by atoms with Gasteiger partial charge in [-0.3, -0.25) is 14.8 Å². The Morgan fingerprint density at radius 3 is 1.60 bits per heavy atom. The van der Waals surface area contributed by atoms with Gasteiger partial charge in [0.25, 0.3) is 5.91 Å². The number of aromatic nitrogens is 6. The molecule has 62 heavy (non-hydrogen) atoms. The number of carbonyl (C=O) groups is 2. The smallest absolute Gasteiger partial charge is 0.357 e. The Labute approximate surface area is 367 Å². The van der Waals surface area contributed by atoms with Crippen molar-refractivity contribution in [2.45, 2.75) is 61.1 Å². The fraction of sp³-hybridized carbons (Fsp3) is 0.200. The van der Waals surface area contributed by atoms with E-state index in [4.69, 9.17) is 54.3 Å². The average molecular weight is 878 g/mol. The van der Waals surface area contributed by atoms with Crippen molar-refractivity contribution in [2.24, 2.45) is 5.73 Å². The number of pyridine rings is 4. The van der Waals surface area contributed by atoms with Crippen LogP contribution < -0.4 is 22.5 Å². The molecule has 0 spiro atoms. The second kappa shape index (κ2) is 20.5. The Morgan fingerprint density at radius 1 is 0.677 bits per heavy atom. The number of benzene rings is 2. The van der Waals surface area contributed by atoms with Gasteiger partial charge in [-0.2, -0.15) is 0 Å². The quantitative estimate of drug-likeness (QED) is 0.0912. The second-order valence-corrected chi connectivity index (χ2v) is 14.9. The molecule has 6 aromatic heterocycles. The predicted octanol–water partition coefficient (Wildman–Crippen LogP) is 8.53. The van der Waals surface area contributed by atoms with Crippen molar-refractivity contribution in [2.75, 3.05) is 11.5 Å². The predicted molar refractivity (Wildman–Crippen MR) is 241 cm³/mol. The van der Waals surface area contributed by atoms with E-state index < -0.39 is 5.97 Å². The topological polar surface area (TPSA) is 248 Å². The first-order valence-electron chi connectivity index (χ1n) is 18.8. The summed E-state index contributed by atoms with van der Waals surface area (Å²) in [4.78, 5) is 48.3. The molecule has 15 nitrogen and oxygen atoms in total. The largest absolute Gasteiger partial charge is 0.476 e. The summed E-state index contributed by atoms with van der Waals surface area (Å²) in [6.07, 6.45) is 6.58. The summed E-state index contributed by atoms with van der Waals surface area (Å²) in [5.41, 5.74) is 26.4. The van der Waals surface area contributed by atoms with E-state index >= 15 is 0 Å². The molecule has 0 fully saturated rings. The molecule has 0 aliphatic rings. The van der Waals surface area contributed by atoms with Crippen LogP contribution in [0.3, 0.4) is 0 Å². The number of rotatable bonds is 9. The minimum atomic E-state index is -1.10. The van der Waals surface area contributed by atoms with E-state index in [1.165, 1.54) is 6.26 Å². The second-order valence-electron chi connectivity index (χ2n) is 14.0. The third-order valence-corrected chi connectivity index (χ3v) is 9.88. The number of anilines is 2. The van der Waals surface area contributed by atoms with Gasteiger partial charge in [0.15, 0.2) is 23.2 Å². The Bertz CT molecular complexity index is 2830. The zero-order valence-corrected chi connectivity index (χ0v) is 35.2. The number of fused-ring (bicyclic) bond motifs is 2. The van der Waals surface area contributed by atoms with Gasteiger partial charge in [0.1, 0.15) is 24.2 Å². The minimum Gasteiger partial charge on any atom is -0.476 e. The van der Waals surface area contributed by atoms with Crippen LogP contribution in [-0.4, -0.2) is 46.9 Å². The number of hydrogen-bond acceptors (Lipinski definition) is 13. The highest BCUT2D eigenvalue weighted by Gasteiger charge is 2.15. The van der Waals surface area contributed by atoms with Crippen LogP contribution in [-0.2, 0) is 25.9 Å². The summed E-state index contributed by atoms with van der Waals surface area (Å²) < 4.78 is 10.6. The number of nitrogens with zero attached hydrogens (tertiary/aromatic N) is 6. The number of aromatic carboxylic acids is 1. The van der Waals surface area contributed by atoms with Crippen molar-refractivity contribution in [3.63, 3.8) is 0 Å². The van der Waals surface area contributed by atoms with E-state index in [2.05, 4.69) is 35.2 Å². The van der Waals surface area contributed by atoms with Gasteiger partial charge in [-0.05, 0) is 110 Å². The number of oxazole rings is 2. The van der Waals surface area contributed by atoms with E-state index in [0.717, 1.165) is 72.8 Å². The van der Waals surface area contributed by atoms with Crippen molar-refractivity contribution in [1.82, 2.24) is 35.2 Å². The molecule has 8 rings (SSSR count). The van der Waals surface area contributed by atoms with Crippen molar-refractivity contribution in [3.8, 4) is 0 Å². The molecule has 0 unspecified atom stereocenters. The number of nitrogen functional groups attached to an aromatic ring is 2. The van der Waals surface area contributed by atoms with Gasteiger partial charge in [0.05, 0.1) is 21.1 Å². The maximum Gasteiger partial charge on any atom is 0.357 e. The highest BCUT2D eigenvalue weighted by Crippen LogP contribution is 2.22. The summed E-state index contributed by atoms with van der Waals surface area (Å²) in [6, 6.07) is 18.9. The van der Waals surface area contributed by atoms with Crippen LogP contribution in [0.1, 0.15) is 85.0 Å². The van der Waals surface area contributed by atoms with Crippen LogP contribution in [0.25, 0.3) is 21.8 Å². The summed E-state index contributed by atoms with van der Waals surface area (Å²) in [5, 5.41) is 14.7. The van der Waals surface area contributed by atoms with Gasteiger partial charge in [0.2, 0.25) is 0 Å². The highest BCUT2D eigenvalue weighted by molar-refractivity contribution is 6.31. The maximum atomic E-state index is 12.5. The highest BCUT2D eigenvalue weighted by atomic mass is 35.5. The first kappa shape index (κ1) is 46.1. The van der Waals surface area contributed by atoms with Gasteiger partial charge >= 0.3 is 5.97 Å². The van der Waals surface area contributed by atoms with Crippen LogP contribution in [0.5, 0.6) is 0 Å². The Morgan fingerprint density at radius 2 is 1.15 bits per heavy atom. The molecule has 8 aromatic rings. The molecule has 0 bridgehead atoms. The lowest BCUT2D eigenvalue weighted by atomic mass is 10.1. The number of hydrogen-bond donors (Lipinski definition) is 5. The lowest BCUT2D eigenvalue weighted by Crippen LogP contribution is -2.24. The third kappa shape index (κ3) is 11.9. The molecule has 0 saturated carbocycles. The lowest BCUT2D eigenvalue weighted by molar-refractivity contribution is 0.0690. The molecular formula is C45H46Cl2N10O5. The minimum absolute atomic E-state index is 0. The van der Waals surface area contributed by atoms with E-state index in [0.29, 0.717) is 59.4 Å². The number of carboxylic acids is 1. The van der Waals surface area contributed by atoms with Crippen molar-refractivity contribution >= 4 is 68.5 Å². The molecule has 0 atom stereocenters. The third-order valence-electron chi connectivity index (χ3n) is 9.47. The fourth-order valence-electron chi connectivity index (χ4n) is 6.47. The zero-order chi connectivity index (χ0) is 43.8. The Kier molecular flexibility index (Phi) is 15.3. The standard InChI is InChI=1S/C22H20ClN5O2.C14H9ClN2O3.C8H13N3.CH4/c1-12-5-20(24)27-13(2)17(12)10-26-22(29)19-11-30-21(28-19)7-14-3-4-18-15(6-14)8-16(23)9-25-18;15-10-5-9-3-8(1-2-11(9)16-6-10)4-13-17-12(7-20-13)14(18)19;1-5-3-8(10)11-6(2)7(5)4-9;/h3-6,8-9,11H,7,10H2,1-2H3,(H2,24,27)(H,26,29);1-3,5-7H,4H2,(H,18,19);3H,4,9H2,1-2H3,(H2,10,11);1H4. The van der Waals surface area contributed by atoms with Crippen molar-refractivity contribution in [3.05, 3.63) is 164 Å². The molecule has 320 valence electrons. The molecule has 0 aliphatic heterocycles. The van der Waals surface area contributed by atoms with E-state index in [1.54, 1.807) is 18.5 Å². The van der Waals surface area contributed by atoms with Gasteiger partial charge in [-0.1, -0.05) is 42.8 Å². The summed E-state index contributed by atoms with van der Waals surface area (Å²) >= 11 is 11.9. The summed E-state index contributed by atoms with van der Waals surface area (Å²) in [5.74, 6) is 0.433. The number of amides is 1. The first-order valence-corrected chi connectivity index (χ1v) is 19.5. The number of halogens is 2. The monoisotopic (exact) mass is 876 g/mol. The van der Waals surface area contributed by atoms with Gasteiger partial charge in [-0.25, -0.2) is 24.7 Å². The average Bonchev–Trinajstić information content (AvgIpc) is 3.88. The normalized spacial score (nSPS) is 10.6. The van der Waals surface area contributed by atoms with Crippen molar-refractivity contribution < 1.29 is 23.5 Å². The number of nitrogens with two attached hydrogens (primary N) is 3. The first-order chi connectivity index (χ1) is 29.1. The van der Waals surface area contributed by atoms with E-state index in [1.807, 2.05) is 82.3 Å². The van der Waals surface area contributed by atoms with Crippen LogP contribution in [0.4, 0.5) is 11.6 Å². The number of aryl methyl sites for hydroxylation is 4. The van der Waals surface area contributed by atoms with Crippen LogP contribution in [0.15, 0.2) is 94.4 Å². The molecule has 6 heterocycles. The number of carbonyl (C=O) groups excluding carboxylic acids is 1. The molecule has 8 N–H and O–H groups in total. The van der Waals surface area contributed by atoms with E-state index in [-0.39, 0.29) is 24.7 Å². The SMILES string of the molecule is C.Cc1cc(N)nc(C)c1CN.Cc1cc(N)nc(C)c1CNC(=O)c1coc(Cc2ccc3ncc(Cl)cc3c2)n1.O=C(O)c1coc(Cc2ccc3ncc(Cl)cc3c2)n1. The molecule has 2 aromatic carbocycles. The molecule has 1 amide bonds. The Balaban J connectivity index is 0.000000195. The summed E-state index contributed by atoms with van der Waals surface area (Å²) in [6.45, 7) is 8.59. The van der Waals surface area contributed by atoms with Crippen LogP contribution >= 0.6 is 23.2 Å². The van der Waals surface area contributed by atoms with Gasteiger partial charge < -0.3 is 36.5 Å². The van der Waals surface area contributed by atoms with Crippen LogP contribution in [0.2, 0.25) is 10.0 Å². The lowest BCUT2D eigenvalue weighted by Gasteiger charge is -2.10. The van der Waals surface area contributed by atoms with Crippen molar-refractivity contribution in [1.29, 1.82) is 0 Å². The molecular weight excluding hydrogens is 831 g/mol. The molecule has 17 heteroatoms. The Hall–Kier alpha value is -6.94. The maximum absolute atomic E-state index is 12.5. The fourth-order valence-corrected chi connectivity index (χ4v) is 6.81. The van der Waals surface area contributed by atoms with E-state index in [9.17, 15) is 9.59 Å².